The first kappa shape index (κ1) is 19.1. The van der Waals surface area contributed by atoms with E-state index in [1.54, 1.807) is 25.3 Å². The lowest BCUT2D eigenvalue weighted by Crippen LogP contribution is -2.15. The molecule has 1 aliphatic rings. The number of nitrogens with one attached hydrogen (secondary N) is 2. The van der Waals surface area contributed by atoms with Gasteiger partial charge in [0, 0.05) is 29.3 Å². The standard InChI is InChI=1S/C24H21N3O4/c1-30-17-7-5-16(6-8-17)22-13-20(28)18-10-14(2-9-21(18)31-22)11-24(29)25-23-12-19(26-27-23)15-3-4-15/h2,5-10,12-13,15H,3-4,11H2,1H3,(H2,25,26,27,29). The molecule has 1 aliphatic carbocycles. The number of aromatic nitrogens is 2. The molecule has 1 saturated carbocycles. The maximum Gasteiger partial charge on any atom is 0.229 e. The van der Waals surface area contributed by atoms with E-state index in [0.29, 0.717) is 28.5 Å². The van der Waals surface area contributed by atoms with Gasteiger partial charge in [0.15, 0.2) is 11.2 Å². The number of rotatable bonds is 6. The molecule has 0 unspecified atom stereocenters. The zero-order valence-electron chi connectivity index (χ0n) is 17.0. The van der Waals surface area contributed by atoms with Crippen molar-refractivity contribution < 1.29 is 13.9 Å². The summed E-state index contributed by atoms with van der Waals surface area (Å²) in [5.41, 5.74) is 2.89. The largest absolute Gasteiger partial charge is 0.497 e. The topological polar surface area (TPSA) is 97.2 Å². The monoisotopic (exact) mass is 415 g/mol. The average molecular weight is 415 g/mol. The highest BCUT2D eigenvalue weighted by Gasteiger charge is 2.25. The maximum absolute atomic E-state index is 12.7. The molecule has 0 saturated heterocycles. The van der Waals surface area contributed by atoms with Gasteiger partial charge in [0.1, 0.15) is 17.1 Å². The highest BCUT2D eigenvalue weighted by molar-refractivity contribution is 5.92. The zero-order valence-corrected chi connectivity index (χ0v) is 17.0. The Bertz CT molecular complexity index is 1320. The normalized spacial score (nSPS) is 13.3. The number of H-pyrrole nitrogens is 1. The average Bonchev–Trinajstić information content (AvgIpc) is 3.53. The Kier molecular flexibility index (Phi) is 4.78. The highest BCUT2D eigenvalue weighted by atomic mass is 16.5. The van der Waals surface area contributed by atoms with Gasteiger partial charge in [0.25, 0.3) is 0 Å². The molecule has 2 heterocycles. The summed E-state index contributed by atoms with van der Waals surface area (Å²) in [5, 5.41) is 10.4. The van der Waals surface area contributed by atoms with Crippen LogP contribution in [0, 0.1) is 0 Å². The van der Waals surface area contributed by atoms with Gasteiger partial charge in [-0.25, -0.2) is 0 Å². The van der Waals surface area contributed by atoms with Crippen LogP contribution in [0.3, 0.4) is 0 Å². The van der Waals surface area contributed by atoms with Crippen molar-refractivity contribution in [2.45, 2.75) is 25.2 Å². The fourth-order valence-corrected chi connectivity index (χ4v) is 3.59. The number of methoxy groups -OCH3 is 1. The van der Waals surface area contributed by atoms with Crippen molar-refractivity contribution in [3.8, 4) is 17.1 Å². The molecule has 0 aliphatic heterocycles. The molecule has 5 rings (SSSR count). The van der Waals surface area contributed by atoms with Gasteiger partial charge < -0.3 is 14.5 Å². The van der Waals surface area contributed by atoms with Gasteiger partial charge >= 0.3 is 0 Å². The molecule has 2 N–H and O–H groups in total. The Hall–Kier alpha value is -3.87. The number of hydrogen-bond acceptors (Lipinski definition) is 5. The molecular weight excluding hydrogens is 394 g/mol. The van der Waals surface area contributed by atoms with E-state index in [9.17, 15) is 9.59 Å². The van der Waals surface area contributed by atoms with E-state index in [4.69, 9.17) is 9.15 Å². The molecule has 2 aromatic heterocycles. The number of hydrogen-bond donors (Lipinski definition) is 2. The summed E-state index contributed by atoms with van der Waals surface area (Å²) in [4.78, 5) is 25.1. The van der Waals surface area contributed by atoms with E-state index in [1.807, 2.05) is 30.3 Å². The predicted octanol–water partition coefficient (Wildman–Crippen LogP) is 4.25. The highest BCUT2D eigenvalue weighted by Crippen LogP contribution is 2.39. The summed E-state index contributed by atoms with van der Waals surface area (Å²) in [6.45, 7) is 0. The van der Waals surface area contributed by atoms with Crippen molar-refractivity contribution >= 4 is 22.7 Å². The summed E-state index contributed by atoms with van der Waals surface area (Å²) in [7, 11) is 1.60. The third kappa shape index (κ3) is 4.07. The summed E-state index contributed by atoms with van der Waals surface area (Å²) < 4.78 is 11.1. The molecule has 7 nitrogen and oxygen atoms in total. The third-order valence-corrected chi connectivity index (χ3v) is 5.41. The van der Waals surface area contributed by atoms with E-state index in [2.05, 4.69) is 15.5 Å². The number of carbonyl (C=O) groups excluding carboxylic acids is 1. The fourth-order valence-electron chi connectivity index (χ4n) is 3.59. The molecule has 0 atom stereocenters. The molecule has 156 valence electrons. The van der Waals surface area contributed by atoms with Crippen molar-refractivity contribution in [3.63, 3.8) is 0 Å². The molecule has 0 spiro atoms. The van der Waals surface area contributed by atoms with Crippen LogP contribution in [-0.2, 0) is 11.2 Å². The van der Waals surface area contributed by atoms with Crippen LogP contribution in [0.5, 0.6) is 5.75 Å². The van der Waals surface area contributed by atoms with E-state index in [0.717, 1.165) is 35.4 Å². The smallest absolute Gasteiger partial charge is 0.229 e. The lowest BCUT2D eigenvalue weighted by Gasteiger charge is -2.06. The Labute approximate surface area is 178 Å². The van der Waals surface area contributed by atoms with Gasteiger partial charge in [0.05, 0.1) is 18.9 Å². The SMILES string of the molecule is COc1ccc(-c2cc(=O)c3cc(CC(=O)Nc4cc(C5CC5)[nH]n4)ccc3o2)cc1. The van der Waals surface area contributed by atoms with Crippen LogP contribution in [0.4, 0.5) is 5.82 Å². The first-order valence-corrected chi connectivity index (χ1v) is 10.2. The Morgan fingerprint density at radius 1 is 1.16 bits per heavy atom. The summed E-state index contributed by atoms with van der Waals surface area (Å²) >= 11 is 0. The van der Waals surface area contributed by atoms with Gasteiger partial charge in [-0.15, -0.1) is 0 Å². The number of fused-ring (bicyclic) bond motifs is 1. The number of benzene rings is 2. The summed E-state index contributed by atoms with van der Waals surface area (Å²) in [6.07, 6.45) is 2.46. The molecule has 1 fully saturated rings. The first-order valence-electron chi connectivity index (χ1n) is 10.2. The van der Waals surface area contributed by atoms with Gasteiger partial charge in [-0.2, -0.15) is 5.10 Å². The van der Waals surface area contributed by atoms with E-state index in [1.165, 1.54) is 6.07 Å². The number of aromatic amines is 1. The lowest BCUT2D eigenvalue weighted by atomic mass is 10.1. The van der Waals surface area contributed by atoms with Crippen LogP contribution in [-0.4, -0.2) is 23.2 Å². The van der Waals surface area contributed by atoms with Crippen LogP contribution in [0.2, 0.25) is 0 Å². The van der Waals surface area contributed by atoms with Gasteiger partial charge in [-0.05, 0) is 54.8 Å². The van der Waals surface area contributed by atoms with Gasteiger partial charge in [0.2, 0.25) is 5.91 Å². The zero-order chi connectivity index (χ0) is 21.4. The molecule has 2 aromatic carbocycles. The Balaban J connectivity index is 1.34. The van der Waals surface area contributed by atoms with Gasteiger partial charge in [-0.1, -0.05) is 6.07 Å². The molecule has 7 heteroatoms. The molecule has 0 radical (unpaired) electrons. The predicted molar refractivity (Wildman–Crippen MR) is 117 cm³/mol. The van der Waals surface area contributed by atoms with Crippen molar-refractivity contribution in [2.24, 2.45) is 0 Å². The molecule has 0 bridgehead atoms. The quantitative estimate of drug-likeness (QED) is 0.491. The van der Waals surface area contributed by atoms with E-state index >= 15 is 0 Å². The van der Waals surface area contributed by atoms with Crippen LogP contribution < -0.4 is 15.5 Å². The van der Waals surface area contributed by atoms with E-state index in [-0.39, 0.29) is 17.8 Å². The van der Waals surface area contributed by atoms with Crippen molar-refractivity contribution in [3.05, 3.63) is 76.1 Å². The number of anilines is 1. The third-order valence-electron chi connectivity index (χ3n) is 5.41. The molecule has 1 amide bonds. The van der Waals surface area contributed by atoms with Crippen LogP contribution >= 0.6 is 0 Å². The minimum absolute atomic E-state index is 0.140. The van der Waals surface area contributed by atoms with Crippen molar-refractivity contribution in [1.29, 1.82) is 0 Å². The van der Waals surface area contributed by atoms with Crippen LogP contribution in [0.25, 0.3) is 22.3 Å². The molecular formula is C24H21N3O4. The lowest BCUT2D eigenvalue weighted by molar-refractivity contribution is -0.115. The summed E-state index contributed by atoms with van der Waals surface area (Å²) in [5.74, 6) is 2.09. The fraction of sp³-hybridized carbons (Fsp3) is 0.208. The second-order valence-electron chi connectivity index (χ2n) is 7.74. The second kappa shape index (κ2) is 7.75. The number of amides is 1. The number of carbonyl (C=O) groups is 1. The number of nitrogens with zero attached hydrogens (tertiary/aromatic N) is 1. The second-order valence-corrected chi connectivity index (χ2v) is 7.74. The van der Waals surface area contributed by atoms with Crippen molar-refractivity contribution in [2.75, 3.05) is 12.4 Å². The minimum Gasteiger partial charge on any atom is -0.497 e. The van der Waals surface area contributed by atoms with Crippen molar-refractivity contribution in [1.82, 2.24) is 10.2 Å². The van der Waals surface area contributed by atoms with Crippen LogP contribution in [0.1, 0.15) is 30.0 Å². The maximum atomic E-state index is 12.7. The van der Waals surface area contributed by atoms with Crippen LogP contribution in [0.15, 0.2) is 63.8 Å². The number of ether oxygens (including phenoxy) is 1. The first-order chi connectivity index (χ1) is 15.1. The van der Waals surface area contributed by atoms with Gasteiger partial charge in [-0.3, -0.25) is 14.7 Å². The minimum atomic E-state index is -0.188. The Morgan fingerprint density at radius 3 is 2.71 bits per heavy atom. The van der Waals surface area contributed by atoms with E-state index < -0.39 is 0 Å². The Morgan fingerprint density at radius 2 is 1.97 bits per heavy atom. The summed E-state index contributed by atoms with van der Waals surface area (Å²) in [6, 6.07) is 15.9. The molecule has 31 heavy (non-hydrogen) atoms. The molecule has 4 aromatic rings.